The van der Waals surface area contributed by atoms with Crippen molar-refractivity contribution in [1.29, 1.82) is 0 Å². The second kappa shape index (κ2) is 17.2. The standard InChI is InChI=1S/C17H32O6/c18-12-6-4-10-16(20)22-14-8-2-1-3-9-15-23-17(21)11-5-7-13-19/h18-19H,1-15H2. The van der Waals surface area contributed by atoms with Crippen LogP contribution in [0.2, 0.25) is 0 Å². The Hall–Kier alpha value is -1.14. The molecule has 0 aliphatic heterocycles. The van der Waals surface area contributed by atoms with Crippen LogP contribution in [0.1, 0.15) is 70.6 Å². The number of hydrogen-bond donors (Lipinski definition) is 2. The minimum absolute atomic E-state index is 0.116. The highest BCUT2D eigenvalue weighted by Crippen LogP contribution is 2.05. The van der Waals surface area contributed by atoms with E-state index in [1.165, 1.54) is 0 Å². The minimum atomic E-state index is -0.188. The zero-order valence-electron chi connectivity index (χ0n) is 14.1. The molecule has 0 unspecified atom stereocenters. The molecule has 0 aliphatic rings. The molecule has 0 aromatic carbocycles. The van der Waals surface area contributed by atoms with E-state index in [-0.39, 0.29) is 25.2 Å². The van der Waals surface area contributed by atoms with Gasteiger partial charge >= 0.3 is 11.9 Å². The van der Waals surface area contributed by atoms with Gasteiger partial charge in [0.05, 0.1) is 13.2 Å². The smallest absolute Gasteiger partial charge is 0.305 e. The van der Waals surface area contributed by atoms with Crippen LogP contribution in [0.3, 0.4) is 0 Å². The molecule has 0 fully saturated rings. The van der Waals surface area contributed by atoms with Gasteiger partial charge in [-0.15, -0.1) is 0 Å². The number of aliphatic hydroxyl groups is 2. The fourth-order valence-corrected chi connectivity index (χ4v) is 2.01. The maximum atomic E-state index is 11.3. The van der Waals surface area contributed by atoms with E-state index < -0.39 is 0 Å². The second-order valence-corrected chi connectivity index (χ2v) is 5.57. The Labute approximate surface area is 139 Å². The van der Waals surface area contributed by atoms with Crippen molar-refractivity contribution in [3.63, 3.8) is 0 Å². The van der Waals surface area contributed by atoms with Gasteiger partial charge in [-0.3, -0.25) is 9.59 Å². The van der Waals surface area contributed by atoms with Gasteiger partial charge in [-0.2, -0.15) is 0 Å². The maximum absolute atomic E-state index is 11.3. The van der Waals surface area contributed by atoms with Crippen molar-refractivity contribution in [3.8, 4) is 0 Å². The lowest BCUT2D eigenvalue weighted by molar-refractivity contribution is -0.144. The van der Waals surface area contributed by atoms with Gasteiger partial charge in [-0.05, 0) is 38.5 Å². The SMILES string of the molecule is O=C(CCCCO)OCCCCCCCOC(=O)CCCCO. The highest BCUT2D eigenvalue weighted by molar-refractivity contribution is 5.69. The molecule has 0 rings (SSSR count). The molecule has 0 aromatic heterocycles. The van der Waals surface area contributed by atoms with E-state index >= 15 is 0 Å². The Balaban J connectivity index is 3.21. The van der Waals surface area contributed by atoms with E-state index in [0.29, 0.717) is 51.7 Å². The summed E-state index contributed by atoms with van der Waals surface area (Å²) in [4.78, 5) is 22.6. The molecule has 6 heteroatoms. The van der Waals surface area contributed by atoms with Crippen molar-refractivity contribution < 1.29 is 29.3 Å². The number of carbonyl (C=O) groups is 2. The van der Waals surface area contributed by atoms with Gasteiger partial charge in [0.1, 0.15) is 0 Å². The van der Waals surface area contributed by atoms with Gasteiger partial charge in [-0.25, -0.2) is 0 Å². The number of unbranched alkanes of at least 4 members (excludes halogenated alkanes) is 6. The third kappa shape index (κ3) is 17.1. The molecule has 0 spiro atoms. The normalized spacial score (nSPS) is 10.5. The van der Waals surface area contributed by atoms with Crippen molar-refractivity contribution in [2.75, 3.05) is 26.4 Å². The highest BCUT2D eigenvalue weighted by Gasteiger charge is 2.03. The van der Waals surface area contributed by atoms with Crippen LogP contribution < -0.4 is 0 Å². The summed E-state index contributed by atoms with van der Waals surface area (Å²) in [6, 6.07) is 0. The summed E-state index contributed by atoms with van der Waals surface area (Å²) in [5.74, 6) is -0.377. The number of ether oxygens (including phenoxy) is 2. The number of rotatable bonds is 16. The average molecular weight is 332 g/mol. The van der Waals surface area contributed by atoms with Crippen LogP contribution in [0.4, 0.5) is 0 Å². The molecule has 2 N–H and O–H groups in total. The summed E-state index contributed by atoms with van der Waals surface area (Å²) in [5, 5.41) is 17.2. The van der Waals surface area contributed by atoms with Gasteiger partial charge in [0.2, 0.25) is 0 Å². The van der Waals surface area contributed by atoms with Gasteiger partial charge in [-0.1, -0.05) is 19.3 Å². The summed E-state index contributed by atoms with van der Waals surface area (Å²) in [5.41, 5.74) is 0. The van der Waals surface area contributed by atoms with Gasteiger partial charge in [0.25, 0.3) is 0 Å². The molecule has 6 nitrogen and oxygen atoms in total. The van der Waals surface area contributed by atoms with E-state index in [2.05, 4.69) is 0 Å². The van der Waals surface area contributed by atoms with Crippen LogP contribution in [-0.2, 0) is 19.1 Å². The first-order valence-corrected chi connectivity index (χ1v) is 8.73. The van der Waals surface area contributed by atoms with E-state index in [9.17, 15) is 9.59 Å². The molecule has 0 bridgehead atoms. The molecule has 0 radical (unpaired) electrons. The Morgan fingerprint density at radius 3 is 1.35 bits per heavy atom. The lowest BCUT2D eigenvalue weighted by Gasteiger charge is -2.06. The lowest BCUT2D eigenvalue weighted by Crippen LogP contribution is -2.06. The van der Waals surface area contributed by atoms with E-state index in [0.717, 1.165) is 32.1 Å². The fourth-order valence-electron chi connectivity index (χ4n) is 2.01. The number of hydrogen-bond acceptors (Lipinski definition) is 6. The van der Waals surface area contributed by atoms with Crippen LogP contribution >= 0.6 is 0 Å². The molecular formula is C17H32O6. The zero-order chi connectivity index (χ0) is 17.2. The lowest BCUT2D eigenvalue weighted by atomic mass is 10.1. The first-order chi connectivity index (χ1) is 11.2. The largest absolute Gasteiger partial charge is 0.466 e. The van der Waals surface area contributed by atoms with Crippen LogP contribution in [-0.4, -0.2) is 48.6 Å². The molecule has 136 valence electrons. The van der Waals surface area contributed by atoms with E-state index in [4.69, 9.17) is 19.7 Å². The topological polar surface area (TPSA) is 93.1 Å². The molecule has 0 atom stereocenters. The van der Waals surface area contributed by atoms with Gasteiger partial charge in [0.15, 0.2) is 0 Å². The van der Waals surface area contributed by atoms with Crippen LogP contribution in [0.25, 0.3) is 0 Å². The van der Waals surface area contributed by atoms with E-state index in [1.807, 2.05) is 0 Å². The summed E-state index contributed by atoms with van der Waals surface area (Å²) in [6.07, 6.45) is 8.12. The minimum Gasteiger partial charge on any atom is -0.466 e. The summed E-state index contributed by atoms with van der Waals surface area (Å²) < 4.78 is 10.2. The maximum Gasteiger partial charge on any atom is 0.305 e. The van der Waals surface area contributed by atoms with E-state index in [1.54, 1.807) is 0 Å². The predicted octanol–water partition coefficient (Wildman–Crippen LogP) is 2.35. The summed E-state index contributed by atoms with van der Waals surface area (Å²) in [6.45, 7) is 1.14. The quantitative estimate of drug-likeness (QED) is 0.333. The molecule has 23 heavy (non-hydrogen) atoms. The van der Waals surface area contributed by atoms with Crippen molar-refractivity contribution in [2.45, 2.75) is 70.6 Å². The fraction of sp³-hybridized carbons (Fsp3) is 0.882. The number of carbonyl (C=O) groups excluding carboxylic acids is 2. The Morgan fingerprint density at radius 1 is 0.565 bits per heavy atom. The Kier molecular flexibility index (Phi) is 16.4. The summed E-state index contributed by atoms with van der Waals surface area (Å²) >= 11 is 0. The Bertz CT molecular complexity index is 265. The molecule has 0 saturated heterocycles. The molecule has 0 saturated carbocycles. The van der Waals surface area contributed by atoms with Crippen LogP contribution in [0, 0.1) is 0 Å². The summed E-state index contributed by atoms with van der Waals surface area (Å²) in [7, 11) is 0. The number of aliphatic hydroxyl groups excluding tert-OH is 2. The van der Waals surface area contributed by atoms with Crippen molar-refractivity contribution in [2.24, 2.45) is 0 Å². The average Bonchev–Trinajstić information content (AvgIpc) is 2.53. The molecule has 0 heterocycles. The molecule has 0 aromatic rings. The van der Waals surface area contributed by atoms with Crippen molar-refractivity contribution in [3.05, 3.63) is 0 Å². The van der Waals surface area contributed by atoms with Crippen molar-refractivity contribution >= 4 is 11.9 Å². The first-order valence-electron chi connectivity index (χ1n) is 8.73. The monoisotopic (exact) mass is 332 g/mol. The molecule has 0 amide bonds. The van der Waals surface area contributed by atoms with Gasteiger partial charge < -0.3 is 19.7 Å². The number of esters is 2. The highest BCUT2D eigenvalue weighted by atomic mass is 16.5. The first kappa shape index (κ1) is 21.9. The second-order valence-electron chi connectivity index (χ2n) is 5.57. The van der Waals surface area contributed by atoms with Crippen LogP contribution in [0.5, 0.6) is 0 Å². The molecular weight excluding hydrogens is 300 g/mol. The third-order valence-electron chi connectivity index (χ3n) is 3.39. The predicted molar refractivity (Wildman–Crippen MR) is 86.9 cm³/mol. The Morgan fingerprint density at radius 2 is 0.957 bits per heavy atom. The zero-order valence-corrected chi connectivity index (χ0v) is 14.1. The van der Waals surface area contributed by atoms with Gasteiger partial charge in [0, 0.05) is 26.1 Å². The third-order valence-corrected chi connectivity index (χ3v) is 3.39. The van der Waals surface area contributed by atoms with Crippen LogP contribution in [0.15, 0.2) is 0 Å². The van der Waals surface area contributed by atoms with Crippen molar-refractivity contribution in [1.82, 2.24) is 0 Å². The molecule has 0 aliphatic carbocycles.